The summed E-state index contributed by atoms with van der Waals surface area (Å²) in [6.45, 7) is 4.30. The number of hydrogen-bond donors (Lipinski definition) is 3. The lowest BCUT2D eigenvalue weighted by Gasteiger charge is -2.45. The lowest BCUT2D eigenvalue weighted by atomic mass is 9.74. The highest BCUT2D eigenvalue weighted by Crippen LogP contribution is 2.54. The average Bonchev–Trinajstić information content (AvgIpc) is 3.10. The zero-order chi connectivity index (χ0) is 24.6. The molecule has 6 nitrogen and oxygen atoms in total. The number of methoxy groups -OCH3 is 1. The van der Waals surface area contributed by atoms with E-state index in [1.165, 1.54) is 5.56 Å². The van der Waals surface area contributed by atoms with Crippen LogP contribution in [0.5, 0.6) is 5.75 Å². The van der Waals surface area contributed by atoms with Crippen LogP contribution in [-0.2, 0) is 0 Å². The molecule has 3 fully saturated rings. The molecular formula is C29H40N2O4. The third kappa shape index (κ3) is 4.69. The SMILES string of the molecule is COc1cccc(N2CCC(O)(CN3[C@@H](c4ccccc4)C[C@@]4(C)[C@@H](O)[C@@H](O)CCC[C@@H]34)CC2)c1. The van der Waals surface area contributed by atoms with E-state index in [-0.39, 0.29) is 12.1 Å². The zero-order valence-electron chi connectivity index (χ0n) is 21.0. The van der Waals surface area contributed by atoms with E-state index in [0.717, 1.165) is 43.8 Å². The first-order valence-corrected chi connectivity index (χ1v) is 13.1. The van der Waals surface area contributed by atoms with Crippen molar-refractivity contribution in [2.75, 3.05) is 31.6 Å². The van der Waals surface area contributed by atoms with E-state index in [0.29, 0.717) is 25.8 Å². The van der Waals surface area contributed by atoms with Gasteiger partial charge in [0.15, 0.2) is 0 Å². The molecule has 0 spiro atoms. The maximum absolute atomic E-state index is 11.8. The van der Waals surface area contributed by atoms with Gasteiger partial charge in [-0.25, -0.2) is 0 Å². The van der Waals surface area contributed by atoms with Crippen molar-refractivity contribution in [3.8, 4) is 5.75 Å². The summed E-state index contributed by atoms with van der Waals surface area (Å²) >= 11 is 0. The Hall–Kier alpha value is -2.12. The second-order valence-corrected chi connectivity index (χ2v) is 11.2. The fourth-order valence-electron chi connectivity index (χ4n) is 6.89. The third-order valence-electron chi connectivity index (χ3n) is 8.99. The van der Waals surface area contributed by atoms with Crippen molar-refractivity contribution in [3.05, 3.63) is 60.2 Å². The van der Waals surface area contributed by atoms with E-state index >= 15 is 0 Å². The second-order valence-electron chi connectivity index (χ2n) is 11.2. The molecule has 6 heteroatoms. The van der Waals surface area contributed by atoms with Gasteiger partial charge in [-0.3, -0.25) is 4.90 Å². The van der Waals surface area contributed by atoms with Crippen LogP contribution in [0.15, 0.2) is 54.6 Å². The molecule has 1 aliphatic carbocycles. The van der Waals surface area contributed by atoms with Gasteiger partial charge in [0.05, 0.1) is 24.9 Å². The van der Waals surface area contributed by atoms with E-state index in [1.54, 1.807) is 7.11 Å². The van der Waals surface area contributed by atoms with Crippen LogP contribution < -0.4 is 9.64 Å². The minimum absolute atomic E-state index is 0.117. The first-order chi connectivity index (χ1) is 16.8. The summed E-state index contributed by atoms with van der Waals surface area (Å²) in [6, 6.07) is 18.8. The Kier molecular flexibility index (Phi) is 6.83. The second kappa shape index (κ2) is 9.74. The fourth-order valence-corrected chi connectivity index (χ4v) is 6.89. The number of β-amino-alcohol motifs (C(OH)–C–C–N with tert-alkyl or cyclic N) is 1. The van der Waals surface area contributed by atoms with Crippen molar-refractivity contribution in [2.24, 2.45) is 5.41 Å². The summed E-state index contributed by atoms with van der Waals surface area (Å²) in [5.41, 5.74) is 1.15. The molecule has 1 saturated carbocycles. The molecule has 35 heavy (non-hydrogen) atoms. The van der Waals surface area contributed by atoms with Crippen LogP contribution in [0, 0.1) is 5.41 Å². The minimum atomic E-state index is -0.788. The molecule has 190 valence electrons. The van der Waals surface area contributed by atoms with Crippen LogP contribution in [0.4, 0.5) is 5.69 Å². The molecule has 3 aliphatic rings. The molecule has 0 aromatic heterocycles. The normalized spacial score (nSPS) is 33.2. The first-order valence-electron chi connectivity index (χ1n) is 13.1. The Labute approximate surface area is 209 Å². The number of ether oxygens (including phenoxy) is 1. The highest BCUT2D eigenvalue weighted by atomic mass is 16.5. The van der Waals surface area contributed by atoms with Crippen LogP contribution in [0.3, 0.4) is 0 Å². The van der Waals surface area contributed by atoms with Gasteiger partial charge in [-0.1, -0.05) is 43.3 Å². The van der Waals surface area contributed by atoms with Crippen molar-refractivity contribution in [3.63, 3.8) is 0 Å². The molecular weight excluding hydrogens is 440 g/mol. The summed E-state index contributed by atoms with van der Waals surface area (Å²) in [5.74, 6) is 0.847. The summed E-state index contributed by atoms with van der Waals surface area (Å²) in [6.07, 6.45) is 3.18. The summed E-state index contributed by atoms with van der Waals surface area (Å²) in [4.78, 5) is 4.79. The molecule has 0 bridgehead atoms. The fraction of sp³-hybridized carbons (Fsp3) is 0.586. The monoisotopic (exact) mass is 480 g/mol. The van der Waals surface area contributed by atoms with Crippen LogP contribution in [0.25, 0.3) is 0 Å². The van der Waals surface area contributed by atoms with Crippen LogP contribution in [-0.4, -0.2) is 70.8 Å². The molecule has 5 atom stereocenters. The summed E-state index contributed by atoms with van der Waals surface area (Å²) < 4.78 is 5.39. The van der Waals surface area contributed by atoms with Crippen LogP contribution >= 0.6 is 0 Å². The molecule has 2 saturated heterocycles. The van der Waals surface area contributed by atoms with Gasteiger partial charge in [-0.2, -0.15) is 0 Å². The lowest BCUT2D eigenvalue weighted by molar-refractivity contribution is -0.0723. The van der Waals surface area contributed by atoms with Crippen molar-refractivity contribution < 1.29 is 20.1 Å². The number of rotatable bonds is 5. The molecule has 5 rings (SSSR count). The van der Waals surface area contributed by atoms with Gasteiger partial charge >= 0.3 is 0 Å². The number of aliphatic hydroxyl groups excluding tert-OH is 2. The van der Waals surface area contributed by atoms with E-state index < -0.39 is 23.2 Å². The largest absolute Gasteiger partial charge is 0.497 e. The van der Waals surface area contributed by atoms with Gasteiger partial charge in [0.1, 0.15) is 5.75 Å². The Morgan fingerprint density at radius 2 is 1.74 bits per heavy atom. The van der Waals surface area contributed by atoms with Gasteiger partial charge < -0.3 is 25.0 Å². The van der Waals surface area contributed by atoms with Gasteiger partial charge in [0, 0.05) is 48.9 Å². The molecule has 3 N–H and O–H groups in total. The Bertz CT molecular complexity index is 993. The number of anilines is 1. The number of nitrogens with zero attached hydrogens (tertiary/aromatic N) is 2. The molecule has 0 unspecified atom stereocenters. The minimum Gasteiger partial charge on any atom is -0.497 e. The number of likely N-dealkylation sites (tertiary alicyclic amines) is 1. The lowest BCUT2D eigenvalue weighted by Crippen LogP contribution is -2.54. The van der Waals surface area contributed by atoms with E-state index in [2.05, 4.69) is 53.1 Å². The molecule has 0 radical (unpaired) electrons. The van der Waals surface area contributed by atoms with Crippen molar-refractivity contribution in [1.82, 2.24) is 4.90 Å². The number of fused-ring (bicyclic) bond motifs is 1. The average molecular weight is 481 g/mol. The van der Waals surface area contributed by atoms with Gasteiger partial charge in [-0.15, -0.1) is 0 Å². The quantitative estimate of drug-likeness (QED) is 0.605. The van der Waals surface area contributed by atoms with Crippen molar-refractivity contribution in [2.45, 2.75) is 75.3 Å². The third-order valence-corrected chi connectivity index (χ3v) is 8.99. The molecule has 2 aromatic carbocycles. The first kappa shape index (κ1) is 24.6. The number of hydrogen-bond acceptors (Lipinski definition) is 6. The van der Waals surface area contributed by atoms with Gasteiger partial charge in [-0.05, 0) is 56.2 Å². The maximum Gasteiger partial charge on any atom is 0.120 e. The number of benzene rings is 2. The molecule has 2 aliphatic heterocycles. The topological polar surface area (TPSA) is 76.4 Å². The van der Waals surface area contributed by atoms with Crippen LogP contribution in [0.2, 0.25) is 0 Å². The smallest absolute Gasteiger partial charge is 0.120 e. The standard InChI is InChI=1S/C29H40N2O4/c1-28-19-24(21-8-4-3-5-9-21)31(26(28)13-7-12-25(32)27(28)33)20-29(34)14-16-30(17-15-29)22-10-6-11-23(18-22)35-2/h3-6,8-11,18,24-27,32-34H,7,12-17,19-20H2,1-2H3/t24-,25+,26-,27+,28-/m1/s1. The summed E-state index contributed by atoms with van der Waals surface area (Å²) in [7, 11) is 1.68. The predicted molar refractivity (Wildman–Crippen MR) is 138 cm³/mol. The highest BCUT2D eigenvalue weighted by molar-refractivity contribution is 5.51. The Morgan fingerprint density at radius 1 is 1.00 bits per heavy atom. The van der Waals surface area contributed by atoms with Gasteiger partial charge in [0.2, 0.25) is 0 Å². The maximum atomic E-state index is 11.8. The highest BCUT2D eigenvalue weighted by Gasteiger charge is 2.56. The molecule has 2 heterocycles. The number of piperidine rings is 1. The van der Waals surface area contributed by atoms with Gasteiger partial charge in [0.25, 0.3) is 0 Å². The van der Waals surface area contributed by atoms with Crippen molar-refractivity contribution in [1.29, 1.82) is 0 Å². The summed E-state index contributed by atoms with van der Waals surface area (Å²) in [5, 5.41) is 33.6. The van der Waals surface area contributed by atoms with E-state index in [1.807, 2.05) is 18.2 Å². The van der Waals surface area contributed by atoms with Crippen molar-refractivity contribution >= 4 is 5.69 Å². The Balaban J connectivity index is 1.37. The zero-order valence-corrected chi connectivity index (χ0v) is 21.0. The molecule has 0 amide bonds. The van der Waals surface area contributed by atoms with E-state index in [9.17, 15) is 15.3 Å². The molecule has 2 aromatic rings. The predicted octanol–water partition coefficient (Wildman–Crippen LogP) is 3.75. The van der Waals surface area contributed by atoms with Crippen LogP contribution in [0.1, 0.15) is 57.1 Å². The number of aliphatic hydroxyl groups is 3. The van der Waals surface area contributed by atoms with E-state index in [4.69, 9.17) is 4.74 Å². The Morgan fingerprint density at radius 3 is 2.46 bits per heavy atom.